The second-order valence-corrected chi connectivity index (χ2v) is 10.8. The molecule has 224 valence electrons. The van der Waals surface area contributed by atoms with Crippen LogP contribution in [0.4, 0.5) is 16.2 Å². The van der Waals surface area contributed by atoms with Crippen LogP contribution in [0.5, 0.6) is 5.75 Å². The Bertz CT molecular complexity index is 1420. The second-order valence-electron chi connectivity index (χ2n) is 10.8. The lowest BCUT2D eigenvalue weighted by atomic mass is 9.99. The average Bonchev–Trinajstić information content (AvgIpc) is 3.27. The molecule has 1 aromatic heterocycles. The summed E-state index contributed by atoms with van der Waals surface area (Å²) in [5.41, 5.74) is 2.86. The molecule has 42 heavy (non-hydrogen) atoms. The molecule has 1 aliphatic rings. The van der Waals surface area contributed by atoms with Crippen molar-refractivity contribution in [1.29, 1.82) is 0 Å². The first-order valence-electron chi connectivity index (χ1n) is 13.7. The minimum absolute atomic E-state index is 0.0773. The number of anilines is 2. The van der Waals surface area contributed by atoms with E-state index in [1.807, 2.05) is 14.0 Å². The van der Waals surface area contributed by atoms with Gasteiger partial charge >= 0.3 is 12.0 Å². The van der Waals surface area contributed by atoms with E-state index in [0.717, 1.165) is 5.56 Å². The Morgan fingerprint density at radius 2 is 1.88 bits per heavy atom. The number of hydrogen-bond donors (Lipinski definition) is 4. The topological polar surface area (TPSA) is 157 Å². The van der Waals surface area contributed by atoms with Gasteiger partial charge in [-0.1, -0.05) is 24.2 Å². The quantitative estimate of drug-likeness (QED) is 0.294. The van der Waals surface area contributed by atoms with Crippen LogP contribution in [0.2, 0.25) is 0 Å². The molecule has 3 amide bonds. The van der Waals surface area contributed by atoms with Crippen LogP contribution in [-0.2, 0) is 6.54 Å². The largest absolute Gasteiger partial charge is 0.488 e. The summed E-state index contributed by atoms with van der Waals surface area (Å²) in [5.74, 6) is -0.505. The highest BCUT2D eigenvalue weighted by Crippen LogP contribution is 2.31. The van der Waals surface area contributed by atoms with Gasteiger partial charge in [0.25, 0.3) is 5.91 Å². The molecule has 0 saturated heterocycles. The maximum atomic E-state index is 13.7. The van der Waals surface area contributed by atoms with Gasteiger partial charge in [0, 0.05) is 31.2 Å². The molecule has 4 N–H and O–H groups in total. The second kappa shape index (κ2) is 13.0. The predicted molar refractivity (Wildman–Crippen MR) is 156 cm³/mol. The van der Waals surface area contributed by atoms with Crippen molar-refractivity contribution in [3.8, 4) is 5.75 Å². The normalized spacial score (nSPS) is 17.6. The number of carbonyl (C=O) groups is 3. The van der Waals surface area contributed by atoms with Crippen LogP contribution < -0.4 is 15.4 Å². The number of nitrogens with one attached hydrogen (secondary N) is 2. The van der Waals surface area contributed by atoms with Gasteiger partial charge in [-0.2, -0.15) is 0 Å². The number of benzene rings is 2. The number of aliphatic hydroxyl groups is 1. The summed E-state index contributed by atoms with van der Waals surface area (Å²) in [6.45, 7) is 8.44. The number of carboxylic acids is 1. The van der Waals surface area contributed by atoms with E-state index in [2.05, 4.69) is 20.7 Å². The minimum atomic E-state index is -0.971. The van der Waals surface area contributed by atoms with E-state index in [9.17, 15) is 19.5 Å². The fourth-order valence-corrected chi connectivity index (χ4v) is 4.89. The van der Waals surface area contributed by atoms with Crippen LogP contribution in [0.3, 0.4) is 0 Å². The highest BCUT2D eigenvalue weighted by Gasteiger charge is 2.33. The number of rotatable bonds is 9. The number of carboxylic acid groups (broad SMARTS) is 1. The number of hydrogen-bond acceptors (Lipinski definition) is 8. The van der Waals surface area contributed by atoms with Crippen molar-refractivity contribution in [2.75, 3.05) is 37.4 Å². The van der Waals surface area contributed by atoms with Gasteiger partial charge in [0.2, 0.25) is 0 Å². The average molecular weight is 580 g/mol. The van der Waals surface area contributed by atoms with Crippen LogP contribution in [-0.4, -0.2) is 82.0 Å². The van der Waals surface area contributed by atoms with Gasteiger partial charge < -0.3 is 35.0 Å². The Kier molecular flexibility index (Phi) is 9.48. The molecule has 2 aromatic carbocycles. The summed E-state index contributed by atoms with van der Waals surface area (Å²) in [4.78, 5) is 41.3. The van der Waals surface area contributed by atoms with Crippen molar-refractivity contribution in [3.63, 3.8) is 0 Å². The van der Waals surface area contributed by atoms with E-state index < -0.39 is 18.0 Å². The molecular formula is C30H37N5O7. The van der Waals surface area contributed by atoms with Crippen molar-refractivity contribution in [2.45, 2.75) is 46.4 Å². The molecule has 0 bridgehead atoms. The van der Waals surface area contributed by atoms with E-state index in [4.69, 9.17) is 14.4 Å². The summed E-state index contributed by atoms with van der Waals surface area (Å²) in [7, 11) is 1.95. The molecule has 4 rings (SSSR count). The fraction of sp³-hybridized carbons (Fsp3) is 0.400. The fourth-order valence-electron chi connectivity index (χ4n) is 4.89. The van der Waals surface area contributed by atoms with Crippen LogP contribution in [0, 0.1) is 19.8 Å². The zero-order valence-electron chi connectivity index (χ0n) is 24.4. The summed E-state index contributed by atoms with van der Waals surface area (Å²) >= 11 is 0. The summed E-state index contributed by atoms with van der Waals surface area (Å²) < 4.78 is 11.5. The molecule has 3 atom stereocenters. The van der Waals surface area contributed by atoms with E-state index >= 15 is 0 Å². The molecule has 12 heteroatoms. The summed E-state index contributed by atoms with van der Waals surface area (Å²) in [6, 6.07) is 10.7. The van der Waals surface area contributed by atoms with Gasteiger partial charge in [-0.25, -0.2) is 9.59 Å². The number of nitrogens with zero attached hydrogens (tertiary/aromatic N) is 3. The first kappa shape index (κ1) is 30.5. The minimum Gasteiger partial charge on any atom is -0.488 e. The maximum Gasteiger partial charge on any atom is 0.335 e. The van der Waals surface area contributed by atoms with Crippen LogP contribution in [0.25, 0.3) is 0 Å². The van der Waals surface area contributed by atoms with Crippen molar-refractivity contribution < 1.29 is 33.9 Å². The van der Waals surface area contributed by atoms with E-state index in [-0.39, 0.29) is 35.7 Å². The highest BCUT2D eigenvalue weighted by atomic mass is 16.5. The standard InChI is InChI=1S/C30H37N5O7/c1-17-13-35(18(2)16-36)28(37)24-12-23(31-30(40)32-27-19(3)33-42-20(27)4)10-11-25(24)41-26(17)15-34(5)14-21-6-8-22(9-7-21)29(38)39/h6-12,17-18,26,36H,13-16H2,1-5H3,(H,38,39)(H2,31,32,40)/t17-,18+,26-/m0/s1. The number of urea groups is 1. The highest BCUT2D eigenvalue weighted by molar-refractivity contribution is 6.03. The lowest BCUT2D eigenvalue weighted by Gasteiger charge is -2.38. The van der Waals surface area contributed by atoms with Crippen molar-refractivity contribution in [1.82, 2.24) is 15.0 Å². The number of carbonyl (C=O) groups excluding carboxylic acids is 2. The van der Waals surface area contributed by atoms with Gasteiger partial charge in [-0.05, 0) is 63.7 Å². The lowest BCUT2D eigenvalue weighted by molar-refractivity contribution is 0.0341. The number of amides is 3. The third-order valence-corrected chi connectivity index (χ3v) is 7.34. The van der Waals surface area contributed by atoms with Gasteiger partial charge in [0.1, 0.15) is 23.2 Å². The third kappa shape index (κ3) is 7.07. The van der Waals surface area contributed by atoms with Crippen molar-refractivity contribution in [3.05, 3.63) is 70.6 Å². The number of aromatic nitrogens is 1. The van der Waals surface area contributed by atoms with Gasteiger partial charge in [0.05, 0.1) is 23.8 Å². The number of aryl methyl sites for hydroxylation is 2. The Balaban J connectivity index is 1.55. The number of likely N-dealkylation sites (N-methyl/N-ethyl adjacent to an activating group) is 1. The molecule has 0 radical (unpaired) electrons. The molecule has 0 saturated carbocycles. The zero-order chi connectivity index (χ0) is 30.6. The van der Waals surface area contributed by atoms with Crippen molar-refractivity contribution >= 4 is 29.3 Å². The SMILES string of the molecule is Cc1noc(C)c1NC(=O)Nc1ccc2c(c1)C(=O)N([C@H](C)CO)C[C@H](C)[C@H](CN(C)Cc1ccc(C(=O)O)cc1)O2. The van der Waals surface area contributed by atoms with E-state index in [1.165, 1.54) is 0 Å². The number of aromatic carboxylic acids is 1. The molecule has 3 aromatic rings. The van der Waals surface area contributed by atoms with Crippen molar-refractivity contribution in [2.24, 2.45) is 5.92 Å². The molecule has 12 nitrogen and oxygen atoms in total. The van der Waals surface area contributed by atoms with Crippen LogP contribution in [0.1, 0.15) is 51.6 Å². The number of aliphatic hydroxyl groups excluding tert-OH is 1. The molecule has 2 heterocycles. The summed E-state index contributed by atoms with van der Waals surface area (Å²) in [6.07, 6.45) is -0.310. The smallest absolute Gasteiger partial charge is 0.335 e. The van der Waals surface area contributed by atoms with Gasteiger partial charge in [-0.15, -0.1) is 0 Å². The third-order valence-electron chi connectivity index (χ3n) is 7.34. The molecule has 1 aliphatic heterocycles. The molecule has 0 aliphatic carbocycles. The Morgan fingerprint density at radius 1 is 1.17 bits per heavy atom. The van der Waals surface area contributed by atoms with Crippen LogP contribution >= 0.6 is 0 Å². The Morgan fingerprint density at radius 3 is 2.50 bits per heavy atom. The first-order chi connectivity index (χ1) is 20.0. The van der Waals surface area contributed by atoms with Gasteiger partial charge in [-0.3, -0.25) is 9.69 Å². The lowest BCUT2D eigenvalue weighted by Crippen LogP contribution is -2.49. The zero-order valence-corrected chi connectivity index (χ0v) is 24.4. The monoisotopic (exact) mass is 579 g/mol. The molecule has 0 unspecified atom stereocenters. The number of fused-ring (bicyclic) bond motifs is 1. The number of ether oxygens (including phenoxy) is 1. The molecular weight excluding hydrogens is 542 g/mol. The molecule has 0 fully saturated rings. The summed E-state index contributed by atoms with van der Waals surface area (Å²) in [5, 5.41) is 28.4. The maximum absolute atomic E-state index is 13.7. The Labute approximate surface area is 244 Å². The van der Waals surface area contributed by atoms with Gasteiger partial charge in [0.15, 0.2) is 5.76 Å². The van der Waals surface area contributed by atoms with Crippen LogP contribution in [0.15, 0.2) is 47.0 Å². The Hall–Kier alpha value is -4.42. The van der Waals surface area contributed by atoms with E-state index in [1.54, 1.807) is 68.1 Å². The predicted octanol–water partition coefficient (Wildman–Crippen LogP) is 3.99. The van der Waals surface area contributed by atoms with E-state index in [0.29, 0.717) is 48.2 Å². The first-order valence-corrected chi connectivity index (χ1v) is 13.7. The molecule has 0 spiro atoms.